The normalized spacial score (nSPS) is 39.8. The molecular formula is C29H34F3N3O5. The van der Waals surface area contributed by atoms with Gasteiger partial charge in [0.05, 0.1) is 24.3 Å². The number of ether oxygens (including phenoxy) is 1. The molecule has 8 nitrogen and oxygen atoms in total. The number of alkyl halides is 3. The Bertz CT molecular complexity index is 1390. The van der Waals surface area contributed by atoms with E-state index in [4.69, 9.17) is 0 Å². The second-order valence-corrected chi connectivity index (χ2v) is 12.6. The average molecular weight is 562 g/mol. The topological polar surface area (TPSA) is 121 Å². The maximum Gasteiger partial charge on any atom is 0.573 e. The van der Waals surface area contributed by atoms with Crippen molar-refractivity contribution in [3.8, 4) is 17.0 Å². The van der Waals surface area contributed by atoms with Crippen molar-refractivity contribution in [2.75, 3.05) is 6.61 Å². The monoisotopic (exact) mass is 561 g/mol. The number of benzene rings is 1. The minimum atomic E-state index is -4.81. The van der Waals surface area contributed by atoms with Crippen molar-refractivity contribution in [2.24, 2.45) is 34.5 Å². The molecule has 2 bridgehead atoms. The highest BCUT2D eigenvalue weighted by atomic mass is 19.4. The lowest BCUT2D eigenvalue weighted by Crippen LogP contribution is -2.64. The lowest BCUT2D eigenvalue weighted by molar-refractivity contribution is -0.274. The molecule has 1 unspecified atom stereocenters. The van der Waals surface area contributed by atoms with Gasteiger partial charge in [0.1, 0.15) is 29.2 Å². The molecule has 216 valence electrons. The zero-order chi connectivity index (χ0) is 29.0. The molecule has 1 aromatic heterocycles. The molecule has 2 fully saturated rings. The first kappa shape index (κ1) is 27.4. The van der Waals surface area contributed by atoms with Gasteiger partial charge in [-0.3, -0.25) is 0 Å². The lowest BCUT2D eigenvalue weighted by atomic mass is 9.58. The first-order valence-electron chi connectivity index (χ1n) is 13.5. The highest BCUT2D eigenvalue weighted by Crippen LogP contribution is 2.73. The van der Waals surface area contributed by atoms with Gasteiger partial charge in [-0.15, -0.1) is 18.3 Å². The summed E-state index contributed by atoms with van der Waals surface area (Å²) < 4.78 is 43.1. The van der Waals surface area contributed by atoms with Gasteiger partial charge in [-0.25, -0.2) is 4.68 Å². The molecule has 9 atom stereocenters. The lowest BCUT2D eigenvalue weighted by Gasteiger charge is -2.52. The summed E-state index contributed by atoms with van der Waals surface area (Å²) in [7, 11) is 0. The van der Waals surface area contributed by atoms with Crippen LogP contribution >= 0.6 is 0 Å². The zero-order valence-corrected chi connectivity index (χ0v) is 22.7. The highest BCUT2D eigenvalue weighted by molar-refractivity contribution is 5.59. The second kappa shape index (κ2) is 8.64. The molecule has 1 heterocycles. The van der Waals surface area contributed by atoms with Gasteiger partial charge in [-0.2, -0.15) is 0 Å². The standard InChI is InChI=1S/C29H34F3N3O5/c1-14-11-27-15(2)9-20-22(26(20,3)4)19(25(27)38)10-17(13-36)24(37)28(27,39)23(14)35-12-21(33-34-35)16-5-7-18(8-6-16)40-29(30,31)32/h5-8,10-12,15,19-20,22-25,36-39H,9,13H2,1-4H3/t15-,19+,20-,22+,23+,24-,25?,27+,28-/m1/s1. The Morgan fingerprint density at radius 1 is 1.15 bits per heavy atom. The predicted octanol–water partition coefficient (Wildman–Crippen LogP) is 3.64. The first-order chi connectivity index (χ1) is 18.7. The summed E-state index contributed by atoms with van der Waals surface area (Å²) in [5.74, 6) is -0.464. The molecule has 0 amide bonds. The van der Waals surface area contributed by atoms with Gasteiger partial charge in [0.15, 0.2) is 0 Å². The third-order valence-corrected chi connectivity index (χ3v) is 10.4. The van der Waals surface area contributed by atoms with Gasteiger partial charge >= 0.3 is 6.36 Å². The van der Waals surface area contributed by atoms with E-state index < -0.39 is 42.2 Å². The number of aliphatic hydroxyl groups is 4. The number of aliphatic hydroxyl groups excluding tert-OH is 3. The SMILES string of the molecule is CC1=C[C@]23C(O)[C@@H](C=C(CO)[C@@H](O)[C@]2(O)[C@H]1n1cc(-c2ccc(OC(F)(F)F)cc2)nn1)[C@H]1[C@@H](C[C@H]3C)C1(C)C. The van der Waals surface area contributed by atoms with Crippen molar-refractivity contribution in [3.05, 3.63) is 53.8 Å². The van der Waals surface area contributed by atoms with E-state index in [2.05, 4.69) is 28.9 Å². The number of rotatable bonds is 4. The van der Waals surface area contributed by atoms with Gasteiger partial charge in [0.25, 0.3) is 0 Å². The van der Waals surface area contributed by atoms with Crippen LogP contribution in [0.15, 0.2) is 53.8 Å². The van der Waals surface area contributed by atoms with Crippen LogP contribution in [0.1, 0.15) is 40.2 Å². The number of hydrogen-bond donors (Lipinski definition) is 4. The van der Waals surface area contributed by atoms with E-state index in [9.17, 15) is 33.6 Å². The first-order valence-corrected chi connectivity index (χ1v) is 13.5. The molecule has 1 aromatic carbocycles. The summed E-state index contributed by atoms with van der Waals surface area (Å²) in [6.07, 6.45) is -1.35. The molecule has 4 aliphatic carbocycles. The molecule has 2 saturated carbocycles. The van der Waals surface area contributed by atoms with E-state index in [0.29, 0.717) is 22.7 Å². The van der Waals surface area contributed by atoms with E-state index in [1.54, 1.807) is 12.3 Å². The van der Waals surface area contributed by atoms with Gasteiger partial charge < -0.3 is 25.2 Å². The van der Waals surface area contributed by atoms with Crippen LogP contribution in [0.3, 0.4) is 0 Å². The molecule has 11 heteroatoms. The van der Waals surface area contributed by atoms with Crippen molar-refractivity contribution in [1.82, 2.24) is 15.0 Å². The number of fused-ring (bicyclic) bond motifs is 3. The van der Waals surface area contributed by atoms with Gasteiger partial charge in [-0.05, 0) is 71.9 Å². The van der Waals surface area contributed by atoms with E-state index in [-0.39, 0.29) is 34.5 Å². The summed E-state index contributed by atoms with van der Waals surface area (Å²) in [5.41, 5.74) is -1.44. The second-order valence-electron chi connectivity index (χ2n) is 12.6. The maximum atomic E-state index is 12.7. The maximum absolute atomic E-state index is 12.7. The molecule has 0 aliphatic heterocycles. The molecule has 0 saturated heterocycles. The molecule has 0 radical (unpaired) electrons. The minimum Gasteiger partial charge on any atom is -0.406 e. The largest absolute Gasteiger partial charge is 0.573 e. The number of nitrogens with zero attached hydrogens (tertiary/aromatic N) is 3. The Labute approximate surface area is 229 Å². The zero-order valence-electron chi connectivity index (χ0n) is 22.7. The highest BCUT2D eigenvalue weighted by Gasteiger charge is 2.75. The van der Waals surface area contributed by atoms with Crippen molar-refractivity contribution < 1.29 is 38.3 Å². The fraction of sp³-hybridized carbons (Fsp3) is 0.586. The van der Waals surface area contributed by atoms with Crippen LogP contribution < -0.4 is 4.74 Å². The molecule has 2 aromatic rings. The van der Waals surface area contributed by atoms with Crippen LogP contribution in [0, 0.1) is 34.5 Å². The third kappa shape index (κ3) is 3.60. The molecule has 40 heavy (non-hydrogen) atoms. The van der Waals surface area contributed by atoms with Crippen LogP contribution in [0.2, 0.25) is 0 Å². The quantitative estimate of drug-likeness (QED) is 0.421. The van der Waals surface area contributed by atoms with E-state index in [1.165, 1.54) is 28.9 Å². The minimum absolute atomic E-state index is 0.00967. The van der Waals surface area contributed by atoms with Crippen molar-refractivity contribution in [2.45, 2.75) is 64.3 Å². The Balaban J connectivity index is 1.42. The van der Waals surface area contributed by atoms with Crippen molar-refractivity contribution in [3.63, 3.8) is 0 Å². The van der Waals surface area contributed by atoms with Crippen molar-refractivity contribution in [1.29, 1.82) is 0 Å². The van der Waals surface area contributed by atoms with Crippen LogP contribution in [0.4, 0.5) is 13.2 Å². The summed E-state index contributed by atoms with van der Waals surface area (Å²) in [5, 5.41) is 55.4. The third-order valence-electron chi connectivity index (χ3n) is 10.4. The average Bonchev–Trinajstić information content (AvgIpc) is 3.17. The van der Waals surface area contributed by atoms with Crippen molar-refractivity contribution >= 4 is 0 Å². The van der Waals surface area contributed by atoms with E-state index in [0.717, 1.165) is 6.42 Å². The summed E-state index contributed by atoms with van der Waals surface area (Å²) in [6, 6.07) is 4.27. The predicted molar refractivity (Wildman–Crippen MR) is 138 cm³/mol. The number of halogens is 3. The van der Waals surface area contributed by atoms with Gasteiger partial charge in [0.2, 0.25) is 0 Å². The van der Waals surface area contributed by atoms with Gasteiger partial charge in [0, 0.05) is 11.5 Å². The Kier molecular flexibility index (Phi) is 5.93. The smallest absolute Gasteiger partial charge is 0.406 e. The Morgan fingerprint density at radius 3 is 2.45 bits per heavy atom. The molecule has 6 rings (SSSR count). The summed E-state index contributed by atoms with van der Waals surface area (Å²) in [4.78, 5) is 0. The molecule has 4 aliphatic rings. The van der Waals surface area contributed by atoms with Crippen LogP contribution in [0.25, 0.3) is 11.3 Å². The van der Waals surface area contributed by atoms with E-state index in [1.807, 2.05) is 19.9 Å². The molecular weight excluding hydrogens is 527 g/mol. The number of aromatic nitrogens is 3. The Morgan fingerprint density at radius 2 is 1.82 bits per heavy atom. The number of hydrogen-bond acceptors (Lipinski definition) is 7. The Hall–Kier alpha value is -2.73. The molecule has 4 N–H and O–H groups in total. The van der Waals surface area contributed by atoms with Crippen LogP contribution in [0.5, 0.6) is 5.75 Å². The van der Waals surface area contributed by atoms with Crippen LogP contribution in [-0.4, -0.2) is 66.2 Å². The fourth-order valence-corrected chi connectivity index (χ4v) is 8.51. The molecule has 1 spiro atoms. The summed E-state index contributed by atoms with van der Waals surface area (Å²) in [6.45, 7) is 7.70. The fourth-order valence-electron chi connectivity index (χ4n) is 8.51. The van der Waals surface area contributed by atoms with Crippen LogP contribution in [-0.2, 0) is 0 Å². The van der Waals surface area contributed by atoms with E-state index >= 15 is 0 Å². The summed E-state index contributed by atoms with van der Waals surface area (Å²) >= 11 is 0. The van der Waals surface area contributed by atoms with Gasteiger partial charge in [-0.1, -0.05) is 38.1 Å².